The fraction of sp³-hybridized carbons (Fsp3) is 0.611. The highest BCUT2D eigenvalue weighted by atomic mass is 32.2. The van der Waals surface area contributed by atoms with Crippen molar-refractivity contribution in [2.24, 2.45) is 11.8 Å². The Balaban J connectivity index is 1.27. The van der Waals surface area contributed by atoms with Crippen LogP contribution in [0, 0.1) is 23.2 Å². The van der Waals surface area contributed by atoms with Gasteiger partial charge in [0.1, 0.15) is 35.1 Å². The third-order valence-corrected chi connectivity index (χ3v) is 11.1. The average Bonchev–Trinajstić information content (AvgIpc) is 4.03. The fourth-order valence-corrected chi connectivity index (χ4v) is 7.91. The van der Waals surface area contributed by atoms with Gasteiger partial charge in [-0.15, -0.1) is 0 Å². The van der Waals surface area contributed by atoms with Crippen LogP contribution in [-0.4, -0.2) is 90.7 Å². The second-order valence-corrected chi connectivity index (χ2v) is 16.9. The van der Waals surface area contributed by atoms with Crippen LogP contribution in [0.3, 0.4) is 0 Å². The maximum Gasteiger partial charge on any atom is 0.408 e. The van der Waals surface area contributed by atoms with Crippen LogP contribution in [0.5, 0.6) is 11.6 Å². The molecule has 3 aliphatic carbocycles. The van der Waals surface area contributed by atoms with Crippen LogP contribution in [0.15, 0.2) is 30.5 Å². The van der Waals surface area contributed by atoms with E-state index < -0.39 is 75.0 Å². The number of carbonyl (C=O) groups excluding carboxylic acids is 4. The lowest BCUT2D eigenvalue weighted by Crippen LogP contribution is -2.58. The molecule has 1 aliphatic heterocycles. The number of amides is 4. The predicted molar refractivity (Wildman–Crippen MR) is 188 cm³/mol. The van der Waals surface area contributed by atoms with Gasteiger partial charge in [-0.1, -0.05) is 0 Å². The molecule has 286 valence electrons. The Morgan fingerprint density at radius 1 is 1.15 bits per heavy atom. The molecule has 5 atom stereocenters. The SMILES string of the molecule is COc1ccc2c(O[C@@H]3C[C@@H](C(=O)N[C@]4(C(=O)NS(=O)(=O)OC5(C)CC5)C[C@H]4CCC#N)N(C(=O)[C@@H](NC(=O)OC(C)(C)C)C4CC4)C3)nccc2c1. The number of nitrogens with one attached hydrogen (secondary N) is 3. The molecule has 2 heterocycles. The zero-order valence-electron chi connectivity index (χ0n) is 30.5. The molecule has 1 saturated heterocycles. The van der Waals surface area contributed by atoms with E-state index in [-0.39, 0.29) is 44.0 Å². The van der Waals surface area contributed by atoms with Crippen LogP contribution in [0.1, 0.15) is 79.1 Å². The third kappa shape index (κ3) is 8.93. The van der Waals surface area contributed by atoms with E-state index in [4.69, 9.17) is 18.4 Å². The minimum absolute atomic E-state index is 0.00402. The standard InChI is InChI=1S/C36H46N6O10S/c1-34(2,3)51-33(46)39-28(21-8-9-21)31(44)42-20-25(50-30-26-11-10-24(49-5)17-22(26)12-16-38-30)18-27(42)29(43)40-36(19-23(36)7-6-15-37)32(45)41-53(47,48)52-35(4)13-14-35/h10-12,16-17,21,23,25,27-28H,6-9,13-14,18-20H2,1-5H3,(H,39,46)(H,40,43)(H,41,45)/t23-,25-,27+,28+,36-/m1/s1. The Morgan fingerprint density at radius 3 is 2.53 bits per heavy atom. The highest BCUT2D eigenvalue weighted by molar-refractivity contribution is 7.85. The molecule has 0 bridgehead atoms. The number of likely N-dealkylation sites (tertiary alicyclic amines) is 1. The van der Waals surface area contributed by atoms with Crippen LogP contribution >= 0.6 is 0 Å². The number of carbonyl (C=O) groups is 4. The zero-order valence-corrected chi connectivity index (χ0v) is 31.3. The molecule has 0 radical (unpaired) electrons. The molecule has 2 aromatic rings. The summed E-state index contributed by atoms with van der Waals surface area (Å²) >= 11 is 0. The van der Waals surface area contributed by atoms with Gasteiger partial charge in [-0.2, -0.15) is 13.7 Å². The number of aromatic nitrogens is 1. The number of fused-ring (bicyclic) bond motifs is 1. The summed E-state index contributed by atoms with van der Waals surface area (Å²) in [6, 6.07) is 7.04. The molecule has 6 rings (SSSR count). The molecule has 4 amide bonds. The van der Waals surface area contributed by atoms with E-state index in [1.165, 1.54) is 4.90 Å². The first-order chi connectivity index (χ1) is 24.9. The zero-order chi connectivity index (χ0) is 38.3. The normalized spacial score (nSPS) is 25.1. The Morgan fingerprint density at radius 2 is 1.89 bits per heavy atom. The van der Waals surface area contributed by atoms with E-state index >= 15 is 0 Å². The summed E-state index contributed by atoms with van der Waals surface area (Å²) in [5, 5.41) is 16.2. The van der Waals surface area contributed by atoms with Crippen molar-refractivity contribution in [3.05, 3.63) is 30.5 Å². The summed E-state index contributed by atoms with van der Waals surface area (Å²) in [6.07, 6.45) is 2.82. The van der Waals surface area contributed by atoms with Gasteiger partial charge in [-0.05, 0) is 108 Å². The highest BCUT2D eigenvalue weighted by Crippen LogP contribution is 2.48. The van der Waals surface area contributed by atoms with Gasteiger partial charge in [0.05, 0.1) is 25.3 Å². The molecule has 3 saturated carbocycles. The molecule has 4 fully saturated rings. The van der Waals surface area contributed by atoms with Crippen molar-refractivity contribution in [2.75, 3.05) is 13.7 Å². The first-order valence-corrected chi connectivity index (χ1v) is 19.2. The minimum Gasteiger partial charge on any atom is -0.497 e. The molecule has 16 nitrogen and oxygen atoms in total. The summed E-state index contributed by atoms with van der Waals surface area (Å²) in [7, 11) is -2.95. The summed E-state index contributed by atoms with van der Waals surface area (Å²) in [5.74, 6) is -2.03. The van der Waals surface area contributed by atoms with Gasteiger partial charge >= 0.3 is 16.4 Å². The quantitative estimate of drug-likeness (QED) is 0.254. The van der Waals surface area contributed by atoms with Crippen molar-refractivity contribution < 1.29 is 46.0 Å². The molecule has 1 aromatic heterocycles. The molecule has 4 aliphatic rings. The summed E-state index contributed by atoms with van der Waals surface area (Å²) < 4.78 is 49.9. The number of benzene rings is 1. The van der Waals surface area contributed by atoms with Crippen molar-refractivity contribution in [2.45, 2.75) is 114 Å². The van der Waals surface area contributed by atoms with Gasteiger partial charge in [-0.25, -0.2) is 18.7 Å². The maximum absolute atomic E-state index is 14.4. The molecule has 0 spiro atoms. The molecular weight excluding hydrogens is 708 g/mol. The van der Waals surface area contributed by atoms with Gasteiger partial charge in [-0.3, -0.25) is 14.4 Å². The Bertz CT molecular complexity index is 1940. The molecule has 1 aromatic carbocycles. The van der Waals surface area contributed by atoms with Crippen LogP contribution < -0.4 is 24.8 Å². The molecule has 53 heavy (non-hydrogen) atoms. The Kier molecular flexibility index (Phi) is 10.2. The highest BCUT2D eigenvalue weighted by Gasteiger charge is 2.62. The lowest BCUT2D eigenvalue weighted by atomic mass is 10.1. The average molecular weight is 755 g/mol. The second kappa shape index (κ2) is 14.3. The van der Waals surface area contributed by atoms with Gasteiger partial charge in [0, 0.05) is 24.4 Å². The van der Waals surface area contributed by atoms with E-state index in [0.717, 1.165) is 5.39 Å². The first-order valence-electron chi connectivity index (χ1n) is 17.8. The van der Waals surface area contributed by atoms with Crippen LogP contribution in [0.25, 0.3) is 10.8 Å². The Hall–Kier alpha value is -4.69. The smallest absolute Gasteiger partial charge is 0.408 e. The van der Waals surface area contributed by atoms with E-state index in [1.54, 1.807) is 59.2 Å². The van der Waals surface area contributed by atoms with Gasteiger partial charge in [0.2, 0.25) is 17.7 Å². The summed E-state index contributed by atoms with van der Waals surface area (Å²) in [5.41, 5.74) is -3.38. The van der Waals surface area contributed by atoms with Crippen molar-refractivity contribution in [3.63, 3.8) is 0 Å². The summed E-state index contributed by atoms with van der Waals surface area (Å²) in [6.45, 7) is 6.68. The van der Waals surface area contributed by atoms with Crippen molar-refractivity contribution in [1.82, 2.24) is 25.2 Å². The van der Waals surface area contributed by atoms with E-state index in [0.29, 0.717) is 36.8 Å². The number of methoxy groups -OCH3 is 1. The van der Waals surface area contributed by atoms with Gasteiger partial charge in [0.15, 0.2) is 0 Å². The van der Waals surface area contributed by atoms with E-state index in [9.17, 15) is 32.9 Å². The van der Waals surface area contributed by atoms with Crippen molar-refractivity contribution in [1.29, 1.82) is 5.26 Å². The lowest BCUT2D eigenvalue weighted by molar-refractivity contribution is -0.141. The van der Waals surface area contributed by atoms with Crippen molar-refractivity contribution >= 4 is 44.9 Å². The first kappa shape index (κ1) is 38.0. The predicted octanol–water partition coefficient (Wildman–Crippen LogP) is 3.00. The minimum atomic E-state index is -4.51. The number of ether oxygens (including phenoxy) is 3. The number of rotatable bonds is 14. The van der Waals surface area contributed by atoms with Gasteiger partial charge in [0.25, 0.3) is 5.91 Å². The van der Waals surface area contributed by atoms with Gasteiger partial charge < -0.3 is 29.7 Å². The van der Waals surface area contributed by atoms with Crippen LogP contribution in [0.4, 0.5) is 4.79 Å². The number of hydrogen-bond acceptors (Lipinski definition) is 12. The molecular formula is C36H46N6O10S. The van der Waals surface area contributed by atoms with Crippen LogP contribution in [0.2, 0.25) is 0 Å². The van der Waals surface area contributed by atoms with Crippen LogP contribution in [-0.2, 0) is 33.6 Å². The third-order valence-electron chi connectivity index (χ3n) is 10.0. The number of nitrogens with zero attached hydrogens (tertiary/aromatic N) is 3. The van der Waals surface area contributed by atoms with E-state index in [1.807, 2.05) is 16.9 Å². The number of nitriles is 1. The van der Waals surface area contributed by atoms with Crippen molar-refractivity contribution in [3.8, 4) is 17.7 Å². The number of pyridine rings is 1. The monoisotopic (exact) mass is 754 g/mol. The molecule has 3 N–H and O–H groups in total. The largest absolute Gasteiger partial charge is 0.497 e. The lowest BCUT2D eigenvalue weighted by Gasteiger charge is -2.30. The Labute approximate surface area is 308 Å². The van der Waals surface area contributed by atoms with E-state index in [2.05, 4.69) is 15.6 Å². The second-order valence-electron chi connectivity index (χ2n) is 15.6. The molecule has 0 unspecified atom stereocenters. The number of alkyl carbamates (subject to hydrolysis) is 1. The topological polar surface area (TPSA) is 215 Å². The fourth-order valence-electron chi connectivity index (χ4n) is 6.76. The maximum atomic E-state index is 14.4. The summed E-state index contributed by atoms with van der Waals surface area (Å²) in [4.78, 5) is 60.9. The molecule has 17 heteroatoms. The number of hydrogen-bond donors (Lipinski definition) is 3.